The van der Waals surface area contributed by atoms with E-state index in [0.717, 1.165) is 28.9 Å². The second-order valence-electron chi connectivity index (χ2n) is 4.94. The van der Waals surface area contributed by atoms with Crippen LogP contribution < -0.4 is 4.74 Å². The molecule has 2 nitrogen and oxygen atoms in total. The standard InChI is InChI=1S/C18H19NO/c1-3-14(2)18-11-17(10-9-16(18)12-19)20-13-15-7-5-4-6-8-15/h4-11,14H,3,13H2,1-2H3. The van der Waals surface area contributed by atoms with E-state index < -0.39 is 0 Å². The highest BCUT2D eigenvalue weighted by Gasteiger charge is 2.10. The molecule has 0 spiro atoms. The van der Waals surface area contributed by atoms with Crippen molar-refractivity contribution in [2.75, 3.05) is 0 Å². The highest BCUT2D eigenvalue weighted by molar-refractivity contribution is 5.44. The Morgan fingerprint density at radius 1 is 1.15 bits per heavy atom. The van der Waals surface area contributed by atoms with Gasteiger partial charge < -0.3 is 4.74 Å². The van der Waals surface area contributed by atoms with Crippen LogP contribution in [0, 0.1) is 11.3 Å². The minimum Gasteiger partial charge on any atom is -0.489 e. The lowest BCUT2D eigenvalue weighted by atomic mass is 9.94. The van der Waals surface area contributed by atoms with E-state index in [1.54, 1.807) is 0 Å². The van der Waals surface area contributed by atoms with Gasteiger partial charge in [-0.25, -0.2) is 0 Å². The van der Waals surface area contributed by atoms with E-state index in [1.165, 1.54) is 0 Å². The zero-order valence-electron chi connectivity index (χ0n) is 12.0. The summed E-state index contributed by atoms with van der Waals surface area (Å²) >= 11 is 0. The van der Waals surface area contributed by atoms with Crippen LogP contribution in [-0.4, -0.2) is 0 Å². The Kier molecular flexibility index (Phi) is 4.79. The molecule has 2 aromatic carbocycles. The quantitative estimate of drug-likeness (QED) is 0.788. The summed E-state index contributed by atoms with van der Waals surface area (Å²) in [4.78, 5) is 0. The number of hydrogen-bond acceptors (Lipinski definition) is 2. The van der Waals surface area contributed by atoms with E-state index in [0.29, 0.717) is 12.5 Å². The monoisotopic (exact) mass is 265 g/mol. The van der Waals surface area contributed by atoms with Gasteiger partial charge in [0, 0.05) is 0 Å². The molecule has 0 radical (unpaired) electrons. The topological polar surface area (TPSA) is 33.0 Å². The van der Waals surface area contributed by atoms with E-state index in [-0.39, 0.29) is 0 Å². The van der Waals surface area contributed by atoms with Gasteiger partial charge in [0.1, 0.15) is 12.4 Å². The van der Waals surface area contributed by atoms with Crippen LogP contribution in [-0.2, 0) is 6.61 Å². The normalized spacial score (nSPS) is 11.7. The van der Waals surface area contributed by atoms with E-state index >= 15 is 0 Å². The molecule has 2 rings (SSSR count). The molecule has 1 atom stereocenters. The molecule has 2 aromatic rings. The van der Waals surface area contributed by atoms with Crippen molar-refractivity contribution < 1.29 is 4.74 Å². The minimum absolute atomic E-state index is 0.366. The van der Waals surface area contributed by atoms with Crippen LogP contribution in [0.15, 0.2) is 48.5 Å². The van der Waals surface area contributed by atoms with Crippen LogP contribution in [0.25, 0.3) is 0 Å². The number of nitriles is 1. The molecule has 0 N–H and O–H groups in total. The van der Waals surface area contributed by atoms with E-state index in [4.69, 9.17) is 4.74 Å². The van der Waals surface area contributed by atoms with Crippen LogP contribution in [0.5, 0.6) is 5.75 Å². The maximum Gasteiger partial charge on any atom is 0.120 e. The van der Waals surface area contributed by atoms with Gasteiger partial charge in [-0.15, -0.1) is 0 Å². The molecule has 20 heavy (non-hydrogen) atoms. The van der Waals surface area contributed by atoms with Gasteiger partial charge in [-0.05, 0) is 41.7 Å². The largest absolute Gasteiger partial charge is 0.489 e. The molecule has 0 heterocycles. The lowest BCUT2D eigenvalue weighted by Gasteiger charge is -2.13. The molecule has 0 fully saturated rings. The maximum atomic E-state index is 9.17. The summed E-state index contributed by atoms with van der Waals surface area (Å²) in [6, 6.07) is 18.0. The van der Waals surface area contributed by atoms with E-state index in [1.807, 2.05) is 48.5 Å². The fourth-order valence-electron chi connectivity index (χ4n) is 2.10. The molecule has 0 aromatic heterocycles. The summed E-state index contributed by atoms with van der Waals surface area (Å²) in [6.45, 7) is 4.81. The molecule has 102 valence electrons. The highest BCUT2D eigenvalue weighted by Crippen LogP contribution is 2.27. The van der Waals surface area contributed by atoms with Gasteiger partial charge in [-0.3, -0.25) is 0 Å². The molecule has 0 saturated carbocycles. The molecular weight excluding hydrogens is 246 g/mol. The predicted molar refractivity (Wildman–Crippen MR) is 80.6 cm³/mol. The first-order chi connectivity index (χ1) is 9.74. The molecule has 0 aliphatic heterocycles. The molecular formula is C18H19NO. The first-order valence-corrected chi connectivity index (χ1v) is 6.95. The van der Waals surface area contributed by atoms with Crippen LogP contribution in [0.2, 0.25) is 0 Å². The number of benzene rings is 2. The van der Waals surface area contributed by atoms with Crippen LogP contribution in [0.3, 0.4) is 0 Å². The zero-order chi connectivity index (χ0) is 14.4. The summed E-state index contributed by atoms with van der Waals surface area (Å²) in [7, 11) is 0. The molecule has 0 aliphatic rings. The molecule has 1 unspecified atom stereocenters. The van der Waals surface area contributed by atoms with Crippen molar-refractivity contribution in [3.63, 3.8) is 0 Å². The van der Waals surface area contributed by atoms with Crippen molar-refractivity contribution in [1.29, 1.82) is 5.26 Å². The Morgan fingerprint density at radius 2 is 1.90 bits per heavy atom. The van der Waals surface area contributed by atoms with Gasteiger partial charge in [0.2, 0.25) is 0 Å². The van der Waals surface area contributed by atoms with Crippen molar-refractivity contribution >= 4 is 0 Å². The predicted octanol–water partition coefficient (Wildman–Crippen LogP) is 4.65. The van der Waals surface area contributed by atoms with Gasteiger partial charge in [0.15, 0.2) is 0 Å². The minimum atomic E-state index is 0.366. The Balaban J connectivity index is 2.15. The Labute approximate surface area is 120 Å². The number of nitrogens with zero attached hydrogens (tertiary/aromatic N) is 1. The SMILES string of the molecule is CCC(C)c1cc(OCc2ccccc2)ccc1C#N. The van der Waals surface area contributed by atoms with Crippen LogP contribution >= 0.6 is 0 Å². The Hall–Kier alpha value is -2.27. The summed E-state index contributed by atoms with van der Waals surface area (Å²) in [5.74, 6) is 1.19. The third-order valence-corrected chi connectivity index (χ3v) is 3.54. The Bertz CT molecular complexity index is 599. The highest BCUT2D eigenvalue weighted by atomic mass is 16.5. The average molecular weight is 265 g/mol. The molecule has 0 amide bonds. The first-order valence-electron chi connectivity index (χ1n) is 6.95. The summed E-state index contributed by atoms with van der Waals surface area (Å²) in [5, 5.41) is 9.17. The van der Waals surface area contributed by atoms with E-state index in [2.05, 4.69) is 19.9 Å². The number of ether oxygens (including phenoxy) is 1. The number of hydrogen-bond donors (Lipinski definition) is 0. The van der Waals surface area contributed by atoms with Gasteiger partial charge in [-0.1, -0.05) is 44.2 Å². The second kappa shape index (κ2) is 6.77. The van der Waals surface area contributed by atoms with Crippen molar-refractivity contribution in [1.82, 2.24) is 0 Å². The van der Waals surface area contributed by atoms with Gasteiger partial charge in [0.05, 0.1) is 11.6 Å². The molecule has 0 bridgehead atoms. The summed E-state index contributed by atoms with van der Waals surface area (Å²) < 4.78 is 5.82. The number of rotatable bonds is 5. The lowest BCUT2D eigenvalue weighted by Crippen LogP contribution is -1.99. The third-order valence-electron chi connectivity index (χ3n) is 3.54. The Morgan fingerprint density at radius 3 is 2.55 bits per heavy atom. The molecule has 0 aliphatic carbocycles. The molecule has 0 saturated heterocycles. The van der Waals surface area contributed by atoms with Crippen molar-refractivity contribution in [2.24, 2.45) is 0 Å². The fourth-order valence-corrected chi connectivity index (χ4v) is 2.10. The maximum absolute atomic E-state index is 9.17. The van der Waals surface area contributed by atoms with Gasteiger partial charge in [0.25, 0.3) is 0 Å². The van der Waals surface area contributed by atoms with Crippen LogP contribution in [0.1, 0.15) is 42.9 Å². The smallest absolute Gasteiger partial charge is 0.120 e. The van der Waals surface area contributed by atoms with Crippen molar-refractivity contribution in [3.05, 3.63) is 65.2 Å². The van der Waals surface area contributed by atoms with Gasteiger partial charge >= 0.3 is 0 Å². The lowest BCUT2D eigenvalue weighted by molar-refractivity contribution is 0.305. The van der Waals surface area contributed by atoms with Crippen molar-refractivity contribution in [3.8, 4) is 11.8 Å². The fraction of sp³-hybridized carbons (Fsp3) is 0.278. The van der Waals surface area contributed by atoms with Crippen LogP contribution in [0.4, 0.5) is 0 Å². The molecule has 2 heteroatoms. The first kappa shape index (κ1) is 14.1. The van der Waals surface area contributed by atoms with Gasteiger partial charge in [-0.2, -0.15) is 5.26 Å². The summed E-state index contributed by atoms with van der Waals surface area (Å²) in [6.07, 6.45) is 1.01. The second-order valence-corrected chi connectivity index (χ2v) is 4.94. The third kappa shape index (κ3) is 3.39. The summed E-state index contributed by atoms with van der Waals surface area (Å²) in [5.41, 5.74) is 2.95. The average Bonchev–Trinajstić information content (AvgIpc) is 2.52. The van der Waals surface area contributed by atoms with E-state index in [9.17, 15) is 5.26 Å². The van der Waals surface area contributed by atoms with Crippen molar-refractivity contribution in [2.45, 2.75) is 32.8 Å². The zero-order valence-corrected chi connectivity index (χ0v) is 12.0.